The van der Waals surface area contributed by atoms with Crippen molar-refractivity contribution in [2.45, 2.75) is 31.7 Å². The number of amides is 1. The van der Waals surface area contributed by atoms with E-state index >= 15 is 0 Å². The molecule has 1 saturated carbocycles. The average Bonchev–Trinajstić information content (AvgIpc) is 3.02. The van der Waals surface area contributed by atoms with Crippen molar-refractivity contribution in [1.82, 2.24) is 9.78 Å². The van der Waals surface area contributed by atoms with Gasteiger partial charge in [0.25, 0.3) is 5.91 Å². The highest BCUT2D eigenvalue weighted by molar-refractivity contribution is 6.42. The van der Waals surface area contributed by atoms with E-state index in [2.05, 4.69) is 16.5 Å². The van der Waals surface area contributed by atoms with Gasteiger partial charge >= 0.3 is 0 Å². The van der Waals surface area contributed by atoms with Crippen molar-refractivity contribution in [2.24, 2.45) is 11.7 Å². The highest BCUT2D eigenvalue weighted by Crippen LogP contribution is 2.35. The summed E-state index contributed by atoms with van der Waals surface area (Å²) in [4.78, 5) is 11.8. The summed E-state index contributed by atoms with van der Waals surface area (Å²) < 4.78 is 1.69. The third kappa shape index (κ3) is 3.73. The monoisotopic (exact) mass is 377 g/mol. The summed E-state index contributed by atoms with van der Waals surface area (Å²) in [6, 6.07) is 7.32. The van der Waals surface area contributed by atoms with E-state index in [4.69, 9.17) is 28.9 Å². The molecule has 1 heterocycles. The molecule has 130 valence electrons. The Morgan fingerprint density at radius 3 is 2.76 bits per heavy atom. The van der Waals surface area contributed by atoms with E-state index in [1.165, 1.54) is 0 Å². The van der Waals surface area contributed by atoms with Gasteiger partial charge in [-0.3, -0.25) is 9.48 Å². The zero-order valence-electron chi connectivity index (χ0n) is 13.4. The third-order valence-electron chi connectivity index (χ3n) is 4.41. The molecule has 1 amide bonds. The molecule has 1 fully saturated rings. The van der Waals surface area contributed by atoms with Crippen LogP contribution in [0.4, 0.5) is 11.5 Å². The number of aromatic nitrogens is 2. The highest BCUT2D eigenvalue weighted by atomic mass is 35.5. The minimum atomic E-state index is -0.585. The molecule has 1 aromatic heterocycles. The largest absolute Gasteiger partial charge is 0.365 e. The fourth-order valence-corrected chi connectivity index (χ4v) is 3.42. The minimum Gasteiger partial charge on any atom is -0.365 e. The fourth-order valence-electron chi connectivity index (χ4n) is 3.12. The molecule has 0 aliphatic heterocycles. The van der Waals surface area contributed by atoms with Crippen LogP contribution in [0.2, 0.25) is 10.0 Å². The number of hydrogen-bond donors (Lipinski definition) is 2. The smallest absolute Gasteiger partial charge is 0.254 e. The zero-order chi connectivity index (χ0) is 18.0. The van der Waals surface area contributed by atoms with Gasteiger partial charge < -0.3 is 11.1 Å². The van der Waals surface area contributed by atoms with E-state index in [0.717, 1.165) is 25.7 Å². The van der Waals surface area contributed by atoms with Gasteiger partial charge in [-0.1, -0.05) is 36.0 Å². The maximum atomic E-state index is 11.8. The number of carbonyl (C=O) groups is 1. The predicted molar refractivity (Wildman–Crippen MR) is 97.1 cm³/mol. The van der Waals surface area contributed by atoms with E-state index < -0.39 is 5.91 Å². The second-order valence-electron chi connectivity index (χ2n) is 6.08. The van der Waals surface area contributed by atoms with Crippen LogP contribution in [0, 0.1) is 17.2 Å². The number of halogens is 2. The second kappa shape index (κ2) is 7.34. The number of primary amides is 1. The molecule has 3 rings (SSSR count). The number of rotatable bonds is 4. The Morgan fingerprint density at radius 2 is 2.08 bits per heavy atom. The van der Waals surface area contributed by atoms with Crippen molar-refractivity contribution in [3.8, 4) is 6.07 Å². The average molecular weight is 378 g/mol. The lowest BCUT2D eigenvalue weighted by Crippen LogP contribution is -2.22. The van der Waals surface area contributed by atoms with Crippen LogP contribution in [0.15, 0.2) is 24.4 Å². The maximum Gasteiger partial charge on any atom is 0.254 e. The number of nitrogens with two attached hydrogens (primary N) is 1. The molecule has 0 spiro atoms. The summed E-state index contributed by atoms with van der Waals surface area (Å²) >= 11 is 11.9. The van der Waals surface area contributed by atoms with Crippen LogP contribution < -0.4 is 11.1 Å². The molecule has 1 aliphatic carbocycles. The zero-order valence-corrected chi connectivity index (χ0v) is 14.9. The van der Waals surface area contributed by atoms with E-state index in [-0.39, 0.29) is 17.5 Å². The lowest BCUT2D eigenvalue weighted by molar-refractivity contribution is 0.100. The SMILES string of the molecule is N#C[C@H]1CCCC[C@@H]1n1cc(C(N)=O)c(Nc2ccc(Cl)c(Cl)c2)n1. The van der Waals surface area contributed by atoms with Gasteiger partial charge in [-0.05, 0) is 31.0 Å². The van der Waals surface area contributed by atoms with Crippen molar-refractivity contribution in [1.29, 1.82) is 5.26 Å². The number of nitriles is 1. The Labute approximate surface area is 155 Å². The van der Waals surface area contributed by atoms with Gasteiger partial charge in [0.1, 0.15) is 5.56 Å². The standard InChI is InChI=1S/C17H17Cl2N5O/c18-13-6-5-11(7-14(13)19)22-17-12(16(21)25)9-24(23-17)15-4-2-1-3-10(15)8-20/h5-7,9-10,15H,1-4H2,(H2,21,25)(H,22,23)/t10-,15+/m1/s1. The lowest BCUT2D eigenvalue weighted by atomic mass is 9.85. The molecule has 25 heavy (non-hydrogen) atoms. The first kappa shape index (κ1) is 17.6. The summed E-state index contributed by atoms with van der Waals surface area (Å²) in [5, 5.41) is 17.7. The molecule has 2 aromatic rings. The molecule has 0 saturated heterocycles. The molecule has 1 aliphatic rings. The van der Waals surface area contributed by atoms with E-state index in [1.54, 1.807) is 29.1 Å². The van der Waals surface area contributed by atoms with Crippen molar-refractivity contribution < 1.29 is 4.79 Å². The van der Waals surface area contributed by atoms with Crippen LogP contribution in [0.25, 0.3) is 0 Å². The van der Waals surface area contributed by atoms with E-state index in [0.29, 0.717) is 21.6 Å². The van der Waals surface area contributed by atoms with Crippen LogP contribution in [0.3, 0.4) is 0 Å². The number of nitrogens with one attached hydrogen (secondary N) is 1. The van der Waals surface area contributed by atoms with Crippen LogP contribution in [0.5, 0.6) is 0 Å². The van der Waals surface area contributed by atoms with E-state index in [9.17, 15) is 10.1 Å². The van der Waals surface area contributed by atoms with Crippen molar-refractivity contribution in [3.05, 3.63) is 40.0 Å². The predicted octanol–water partition coefficient (Wildman–Crippen LogP) is 4.29. The number of anilines is 2. The van der Waals surface area contributed by atoms with Gasteiger partial charge in [-0.25, -0.2) is 0 Å². The number of nitrogens with zero attached hydrogens (tertiary/aromatic N) is 3. The van der Waals surface area contributed by atoms with Crippen molar-refractivity contribution in [3.63, 3.8) is 0 Å². The van der Waals surface area contributed by atoms with Crippen LogP contribution in [-0.2, 0) is 0 Å². The Hall–Kier alpha value is -2.23. The van der Waals surface area contributed by atoms with Gasteiger partial charge in [0.05, 0.1) is 28.1 Å². The summed E-state index contributed by atoms with van der Waals surface area (Å²) in [5.41, 5.74) is 6.40. The van der Waals surface area contributed by atoms with Crippen LogP contribution >= 0.6 is 23.2 Å². The Kier molecular flexibility index (Phi) is 5.16. The number of carbonyl (C=O) groups excluding carboxylic acids is 1. The van der Waals surface area contributed by atoms with Gasteiger partial charge in [0.2, 0.25) is 0 Å². The molecule has 0 radical (unpaired) electrons. The summed E-state index contributed by atoms with van der Waals surface area (Å²) in [6.07, 6.45) is 5.37. The molecular weight excluding hydrogens is 361 g/mol. The van der Waals surface area contributed by atoms with Crippen molar-refractivity contribution in [2.75, 3.05) is 5.32 Å². The fraction of sp³-hybridized carbons (Fsp3) is 0.353. The summed E-state index contributed by atoms with van der Waals surface area (Å²) in [5.74, 6) is -0.363. The third-order valence-corrected chi connectivity index (χ3v) is 5.15. The van der Waals surface area contributed by atoms with Gasteiger partial charge in [-0.15, -0.1) is 0 Å². The molecule has 0 bridgehead atoms. The molecular formula is C17H17Cl2N5O. The van der Waals surface area contributed by atoms with Crippen molar-refractivity contribution >= 4 is 40.6 Å². The van der Waals surface area contributed by atoms with Gasteiger partial charge in [-0.2, -0.15) is 10.4 Å². The van der Waals surface area contributed by atoms with Crippen LogP contribution in [-0.4, -0.2) is 15.7 Å². The molecule has 2 atom stereocenters. The second-order valence-corrected chi connectivity index (χ2v) is 6.89. The first-order valence-corrected chi connectivity index (χ1v) is 8.76. The highest BCUT2D eigenvalue weighted by Gasteiger charge is 2.28. The lowest BCUT2D eigenvalue weighted by Gasteiger charge is -2.26. The number of benzene rings is 1. The molecule has 6 nitrogen and oxygen atoms in total. The first-order valence-electron chi connectivity index (χ1n) is 8.00. The molecule has 1 aromatic carbocycles. The topological polar surface area (TPSA) is 96.7 Å². The number of hydrogen-bond acceptors (Lipinski definition) is 4. The Bertz CT molecular complexity index is 842. The Balaban J connectivity index is 1.93. The molecule has 0 unspecified atom stereocenters. The minimum absolute atomic E-state index is 0.0544. The van der Waals surface area contributed by atoms with E-state index in [1.807, 2.05) is 0 Å². The summed E-state index contributed by atoms with van der Waals surface area (Å²) in [6.45, 7) is 0. The maximum absolute atomic E-state index is 11.8. The quantitative estimate of drug-likeness (QED) is 0.830. The Morgan fingerprint density at radius 1 is 1.32 bits per heavy atom. The van der Waals surface area contributed by atoms with Crippen LogP contribution in [0.1, 0.15) is 42.1 Å². The van der Waals surface area contributed by atoms with Gasteiger partial charge in [0.15, 0.2) is 5.82 Å². The normalized spacial score (nSPS) is 20.0. The summed E-state index contributed by atoms with van der Waals surface area (Å²) in [7, 11) is 0. The molecule has 3 N–H and O–H groups in total. The van der Waals surface area contributed by atoms with Gasteiger partial charge in [0, 0.05) is 11.9 Å². The first-order chi connectivity index (χ1) is 12.0. The molecule has 8 heteroatoms.